The quantitative estimate of drug-likeness (QED) is 0.703. The highest BCUT2D eigenvalue weighted by molar-refractivity contribution is 5.78. The molecule has 13 heavy (non-hydrogen) atoms. The number of ether oxygens (including phenoxy) is 1. The van der Waals surface area contributed by atoms with E-state index in [1.165, 1.54) is 0 Å². The Morgan fingerprint density at radius 1 is 1.46 bits per heavy atom. The van der Waals surface area contributed by atoms with Crippen LogP contribution in [0, 0.1) is 0 Å². The van der Waals surface area contributed by atoms with Gasteiger partial charge >= 0.3 is 0 Å². The molecule has 1 atom stereocenters. The van der Waals surface area contributed by atoms with Crippen molar-refractivity contribution in [2.45, 2.75) is 19.4 Å². The molecule has 3 nitrogen and oxygen atoms in total. The predicted octanol–water partition coefficient (Wildman–Crippen LogP) is 1.65. The van der Waals surface area contributed by atoms with Crippen LogP contribution in [0.25, 0.3) is 0 Å². The number of benzene rings is 1. The van der Waals surface area contributed by atoms with Gasteiger partial charge in [0.05, 0.1) is 0 Å². The van der Waals surface area contributed by atoms with Crippen LogP contribution in [-0.2, 0) is 4.79 Å². The lowest BCUT2D eigenvalue weighted by molar-refractivity contribution is -0.125. The summed E-state index contributed by atoms with van der Waals surface area (Å²) in [5, 5.41) is 0. The number of carbonyl (C=O) groups is 1. The van der Waals surface area contributed by atoms with Crippen molar-refractivity contribution in [1.82, 2.24) is 5.73 Å². The molecule has 0 aliphatic rings. The average Bonchev–Trinajstić information content (AvgIpc) is 2.15. The number of carbonyl (C=O) groups excluding carboxylic acids is 1. The summed E-state index contributed by atoms with van der Waals surface area (Å²) in [7, 11) is 0. The van der Waals surface area contributed by atoms with E-state index in [0.29, 0.717) is 12.2 Å². The van der Waals surface area contributed by atoms with Gasteiger partial charge in [0.2, 0.25) is 0 Å². The van der Waals surface area contributed by atoms with Crippen LogP contribution in [0.3, 0.4) is 0 Å². The van der Waals surface area contributed by atoms with Gasteiger partial charge in [0.25, 0.3) is 5.91 Å². The van der Waals surface area contributed by atoms with Gasteiger partial charge < -0.3 is 4.74 Å². The molecular weight excluding hydrogens is 166 g/mol. The maximum atomic E-state index is 10.7. The first kappa shape index (κ1) is 9.58. The number of hydrogen-bond donors (Lipinski definition) is 0. The molecule has 1 amide bonds. The van der Waals surface area contributed by atoms with Crippen molar-refractivity contribution in [1.29, 1.82) is 0 Å². The van der Waals surface area contributed by atoms with Gasteiger partial charge in [-0.3, -0.25) is 10.5 Å². The summed E-state index contributed by atoms with van der Waals surface area (Å²) < 4.78 is 5.29. The SMILES string of the molecule is CCC(Oc1ccccc1)C([NH])=O. The summed E-state index contributed by atoms with van der Waals surface area (Å²) in [6, 6.07) is 9.07. The van der Waals surface area contributed by atoms with E-state index in [1.807, 2.05) is 25.1 Å². The highest BCUT2D eigenvalue weighted by Gasteiger charge is 2.14. The van der Waals surface area contributed by atoms with Gasteiger partial charge in [0, 0.05) is 0 Å². The topological polar surface area (TPSA) is 50.1 Å². The molecule has 0 aliphatic carbocycles. The Bertz CT molecular complexity index is 272. The molecule has 0 spiro atoms. The number of para-hydroxylation sites is 1. The first-order chi connectivity index (χ1) is 6.24. The Balaban J connectivity index is 2.62. The van der Waals surface area contributed by atoms with E-state index in [4.69, 9.17) is 10.5 Å². The summed E-state index contributed by atoms with van der Waals surface area (Å²) in [6.45, 7) is 1.82. The van der Waals surface area contributed by atoms with E-state index in [0.717, 1.165) is 0 Å². The van der Waals surface area contributed by atoms with Crippen molar-refractivity contribution in [2.24, 2.45) is 0 Å². The molecule has 1 aromatic rings. The lowest BCUT2D eigenvalue weighted by Gasteiger charge is -2.12. The normalized spacial score (nSPS) is 12.1. The Morgan fingerprint density at radius 2 is 2.08 bits per heavy atom. The zero-order chi connectivity index (χ0) is 9.68. The van der Waals surface area contributed by atoms with E-state index in [2.05, 4.69) is 0 Å². The number of hydrogen-bond acceptors (Lipinski definition) is 2. The van der Waals surface area contributed by atoms with Crippen molar-refractivity contribution < 1.29 is 9.53 Å². The van der Waals surface area contributed by atoms with E-state index in [-0.39, 0.29) is 0 Å². The fourth-order valence-corrected chi connectivity index (χ4v) is 0.986. The summed E-state index contributed by atoms with van der Waals surface area (Å²) in [4.78, 5) is 10.7. The van der Waals surface area contributed by atoms with Crippen molar-refractivity contribution in [3.63, 3.8) is 0 Å². The Labute approximate surface area is 77.5 Å². The molecule has 0 saturated carbocycles. The summed E-state index contributed by atoms with van der Waals surface area (Å²) in [5.74, 6) is -0.0405. The summed E-state index contributed by atoms with van der Waals surface area (Å²) >= 11 is 0. The molecular formula is C10H12NO2. The third-order valence-electron chi connectivity index (χ3n) is 1.68. The van der Waals surface area contributed by atoms with Crippen LogP contribution in [0.5, 0.6) is 5.75 Å². The van der Waals surface area contributed by atoms with E-state index in [9.17, 15) is 4.79 Å². The predicted molar refractivity (Wildman–Crippen MR) is 49.3 cm³/mol. The molecule has 1 unspecified atom stereocenters. The van der Waals surface area contributed by atoms with Gasteiger partial charge in [-0.2, -0.15) is 0 Å². The van der Waals surface area contributed by atoms with E-state index >= 15 is 0 Å². The van der Waals surface area contributed by atoms with Crippen LogP contribution in [0.15, 0.2) is 30.3 Å². The van der Waals surface area contributed by atoms with Crippen LogP contribution >= 0.6 is 0 Å². The number of amides is 1. The molecule has 1 rings (SSSR count). The molecule has 1 aromatic carbocycles. The van der Waals surface area contributed by atoms with Crippen molar-refractivity contribution in [3.05, 3.63) is 30.3 Å². The van der Waals surface area contributed by atoms with Crippen molar-refractivity contribution >= 4 is 5.91 Å². The lowest BCUT2D eigenvalue weighted by Crippen LogP contribution is -2.27. The smallest absolute Gasteiger partial charge is 0.279 e. The maximum Gasteiger partial charge on any atom is 0.279 e. The largest absolute Gasteiger partial charge is 0.481 e. The summed E-state index contributed by atoms with van der Waals surface area (Å²) in [6.07, 6.45) is -0.112. The molecule has 0 saturated heterocycles. The second-order valence-electron chi connectivity index (χ2n) is 2.69. The molecule has 0 fully saturated rings. The minimum atomic E-state index is -0.675. The Hall–Kier alpha value is -1.51. The van der Waals surface area contributed by atoms with Gasteiger partial charge in [0.15, 0.2) is 6.10 Å². The van der Waals surface area contributed by atoms with E-state index < -0.39 is 12.0 Å². The summed E-state index contributed by atoms with van der Waals surface area (Å²) in [5.41, 5.74) is 6.92. The molecule has 69 valence electrons. The van der Waals surface area contributed by atoms with Crippen LogP contribution in [0.4, 0.5) is 0 Å². The monoisotopic (exact) mass is 178 g/mol. The number of nitrogens with one attached hydrogen (secondary N) is 1. The van der Waals surface area contributed by atoms with Gasteiger partial charge in [-0.05, 0) is 18.6 Å². The molecule has 0 aromatic heterocycles. The minimum Gasteiger partial charge on any atom is -0.481 e. The highest BCUT2D eigenvalue weighted by atomic mass is 16.5. The van der Waals surface area contributed by atoms with E-state index in [1.54, 1.807) is 12.1 Å². The van der Waals surface area contributed by atoms with Gasteiger partial charge in [0.1, 0.15) is 5.75 Å². The zero-order valence-corrected chi connectivity index (χ0v) is 7.49. The fourth-order valence-electron chi connectivity index (χ4n) is 0.986. The Kier molecular flexibility index (Phi) is 3.31. The zero-order valence-electron chi connectivity index (χ0n) is 7.49. The van der Waals surface area contributed by atoms with Gasteiger partial charge in [-0.25, -0.2) is 0 Å². The third-order valence-corrected chi connectivity index (χ3v) is 1.68. The molecule has 0 bridgehead atoms. The second-order valence-corrected chi connectivity index (χ2v) is 2.69. The molecule has 3 heteroatoms. The van der Waals surface area contributed by atoms with Crippen molar-refractivity contribution in [2.75, 3.05) is 0 Å². The molecule has 0 heterocycles. The molecule has 1 radical (unpaired) electrons. The second kappa shape index (κ2) is 4.50. The number of rotatable bonds is 4. The standard InChI is InChI=1S/C10H12NO2/c1-2-9(10(11)12)13-8-6-4-3-5-7-8/h3-7,9,11H,2H2,1H3. The minimum absolute atomic E-state index is 0.525. The van der Waals surface area contributed by atoms with Gasteiger partial charge in [-0.15, -0.1) is 0 Å². The van der Waals surface area contributed by atoms with Crippen molar-refractivity contribution in [3.8, 4) is 5.75 Å². The highest BCUT2D eigenvalue weighted by Crippen LogP contribution is 2.12. The molecule has 0 aliphatic heterocycles. The van der Waals surface area contributed by atoms with Crippen LogP contribution in [0.2, 0.25) is 0 Å². The Morgan fingerprint density at radius 3 is 2.54 bits per heavy atom. The first-order valence-corrected chi connectivity index (χ1v) is 4.21. The third kappa shape index (κ3) is 2.78. The van der Waals surface area contributed by atoms with Gasteiger partial charge in [-0.1, -0.05) is 25.1 Å². The van der Waals surface area contributed by atoms with Crippen LogP contribution in [-0.4, -0.2) is 12.0 Å². The fraction of sp³-hybridized carbons (Fsp3) is 0.300. The first-order valence-electron chi connectivity index (χ1n) is 4.21. The van der Waals surface area contributed by atoms with Crippen LogP contribution < -0.4 is 10.5 Å². The molecule has 1 N–H and O–H groups in total. The van der Waals surface area contributed by atoms with Crippen LogP contribution in [0.1, 0.15) is 13.3 Å². The lowest BCUT2D eigenvalue weighted by atomic mass is 10.2. The maximum absolute atomic E-state index is 10.7. The average molecular weight is 178 g/mol.